The summed E-state index contributed by atoms with van der Waals surface area (Å²) in [6.45, 7) is 0. The molecule has 2 N–H and O–H groups in total. The molecule has 122 valence electrons. The second-order valence-electron chi connectivity index (χ2n) is 5.35. The number of phenols is 1. The maximum atomic E-state index is 12.9. The summed E-state index contributed by atoms with van der Waals surface area (Å²) < 4.78 is 12.9. The second-order valence-corrected chi connectivity index (χ2v) is 5.35. The molecule has 4 nitrogen and oxygen atoms in total. The molecule has 3 aromatic carbocycles. The van der Waals surface area contributed by atoms with Crippen LogP contribution in [0.4, 0.5) is 10.1 Å². The van der Waals surface area contributed by atoms with E-state index in [1.807, 2.05) is 24.3 Å². The lowest BCUT2D eigenvalue weighted by Crippen LogP contribution is -2.13. The Balaban J connectivity index is 1.98. The first-order valence-electron chi connectivity index (χ1n) is 7.48. The van der Waals surface area contributed by atoms with Gasteiger partial charge in [-0.1, -0.05) is 30.3 Å². The highest BCUT2D eigenvalue weighted by Gasteiger charge is 2.12. The van der Waals surface area contributed by atoms with Crippen LogP contribution in [0.15, 0.2) is 66.2 Å². The number of rotatable bonds is 3. The van der Waals surface area contributed by atoms with Crippen LogP contribution in [0, 0.1) is 17.1 Å². The van der Waals surface area contributed by atoms with Crippen molar-refractivity contribution in [2.75, 3.05) is 5.32 Å². The first-order chi connectivity index (χ1) is 12.1. The fourth-order valence-electron chi connectivity index (χ4n) is 2.46. The summed E-state index contributed by atoms with van der Waals surface area (Å²) >= 11 is 0. The van der Waals surface area contributed by atoms with Gasteiger partial charge in [-0.3, -0.25) is 4.79 Å². The number of hydrogen-bond donors (Lipinski definition) is 2. The number of aromatic hydroxyl groups is 1. The third-order valence-corrected chi connectivity index (χ3v) is 3.70. The van der Waals surface area contributed by atoms with Crippen LogP contribution in [0.5, 0.6) is 5.75 Å². The molecule has 1 amide bonds. The van der Waals surface area contributed by atoms with Crippen LogP contribution >= 0.6 is 0 Å². The number of nitriles is 1. The van der Waals surface area contributed by atoms with E-state index in [1.165, 1.54) is 36.4 Å². The van der Waals surface area contributed by atoms with Crippen molar-refractivity contribution in [2.24, 2.45) is 0 Å². The number of nitrogens with zero attached hydrogens (tertiary/aromatic N) is 1. The van der Waals surface area contributed by atoms with Crippen LogP contribution in [0.3, 0.4) is 0 Å². The molecule has 0 heterocycles. The Morgan fingerprint density at radius 2 is 1.80 bits per heavy atom. The Kier molecular flexibility index (Phi) is 4.44. The number of halogens is 1. The van der Waals surface area contributed by atoms with Crippen molar-refractivity contribution in [1.29, 1.82) is 5.26 Å². The van der Waals surface area contributed by atoms with Gasteiger partial charge in [-0.25, -0.2) is 4.39 Å². The number of benzene rings is 3. The molecule has 0 atom stereocenters. The fourth-order valence-corrected chi connectivity index (χ4v) is 2.46. The van der Waals surface area contributed by atoms with Crippen molar-refractivity contribution in [1.82, 2.24) is 0 Å². The van der Waals surface area contributed by atoms with E-state index >= 15 is 0 Å². The Bertz CT molecular complexity index is 1020. The van der Waals surface area contributed by atoms with Crippen molar-refractivity contribution < 1.29 is 14.3 Å². The van der Waals surface area contributed by atoms with Crippen molar-refractivity contribution >= 4 is 28.4 Å². The summed E-state index contributed by atoms with van der Waals surface area (Å²) in [4.78, 5) is 12.3. The fraction of sp³-hybridized carbons (Fsp3) is 0. The van der Waals surface area contributed by atoms with Gasteiger partial charge in [0, 0.05) is 11.3 Å². The summed E-state index contributed by atoms with van der Waals surface area (Å²) in [5.41, 5.74) is 0.592. The first-order valence-corrected chi connectivity index (χ1v) is 7.48. The van der Waals surface area contributed by atoms with Gasteiger partial charge in [-0.15, -0.1) is 0 Å². The molecule has 0 radical (unpaired) electrons. The van der Waals surface area contributed by atoms with E-state index in [4.69, 9.17) is 0 Å². The SMILES string of the molecule is N#C/C(=C/c1c(O)ccc2ccccc12)C(=O)Nc1ccc(F)cc1. The van der Waals surface area contributed by atoms with Crippen molar-refractivity contribution in [3.05, 3.63) is 77.6 Å². The zero-order valence-electron chi connectivity index (χ0n) is 13.0. The van der Waals surface area contributed by atoms with Crippen molar-refractivity contribution in [3.63, 3.8) is 0 Å². The predicted molar refractivity (Wildman–Crippen MR) is 94.2 cm³/mol. The number of nitrogens with one attached hydrogen (secondary N) is 1. The minimum absolute atomic E-state index is 0.0268. The molecule has 0 aliphatic heterocycles. The first kappa shape index (κ1) is 16.2. The molecule has 0 spiro atoms. The molecule has 0 unspecified atom stereocenters. The number of hydrogen-bond acceptors (Lipinski definition) is 3. The summed E-state index contributed by atoms with van der Waals surface area (Å²) in [6.07, 6.45) is 1.34. The number of carbonyl (C=O) groups is 1. The van der Waals surface area contributed by atoms with E-state index in [0.717, 1.165) is 10.8 Å². The Morgan fingerprint density at radius 1 is 1.08 bits per heavy atom. The van der Waals surface area contributed by atoms with Gasteiger partial charge in [0.15, 0.2) is 0 Å². The average molecular weight is 332 g/mol. The summed E-state index contributed by atoms with van der Waals surface area (Å²) in [5.74, 6) is -1.09. The van der Waals surface area contributed by atoms with Crippen molar-refractivity contribution in [3.8, 4) is 11.8 Å². The van der Waals surface area contributed by atoms with Crippen LogP contribution in [-0.4, -0.2) is 11.0 Å². The average Bonchev–Trinajstić information content (AvgIpc) is 2.63. The van der Waals surface area contributed by atoms with Crippen LogP contribution in [0.1, 0.15) is 5.56 Å². The van der Waals surface area contributed by atoms with E-state index in [-0.39, 0.29) is 11.3 Å². The maximum Gasteiger partial charge on any atom is 0.266 e. The van der Waals surface area contributed by atoms with Gasteiger partial charge in [0.1, 0.15) is 23.2 Å². The highest BCUT2D eigenvalue weighted by Crippen LogP contribution is 2.29. The monoisotopic (exact) mass is 332 g/mol. The van der Waals surface area contributed by atoms with E-state index in [2.05, 4.69) is 5.32 Å². The molecule has 3 aromatic rings. The van der Waals surface area contributed by atoms with E-state index < -0.39 is 11.7 Å². The highest BCUT2D eigenvalue weighted by atomic mass is 19.1. The Morgan fingerprint density at radius 3 is 2.52 bits per heavy atom. The van der Waals surface area contributed by atoms with E-state index in [0.29, 0.717) is 11.3 Å². The van der Waals surface area contributed by atoms with E-state index in [1.54, 1.807) is 12.1 Å². The molecular formula is C20H13FN2O2. The molecule has 0 aliphatic carbocycles. The van der Waals surface area contributed by atoms with Crippen LogP contribution < -0.4 is 5.32 Å². The minimum Gasteiger partial charge on any atom is -0.507 e. The molecule has 0 aliphatic rings. The van der Waals surface area contributed by atoms with Gasteiger partial charge >= 0.3 is 0 Å². The smallest absolute Gasteiger partial charge is 0.266 e. The van der Waals surface area contributed by atoms with Gasteiger partial charge in [0.05, 0.1) is 0 Å². The van der Waals surface area contributed by atoms with E-state index in [9.17, 15) is 19.6 Å². The quantitative estimate of drug-likeness (QED) is 0.557. The molecule has 0 bridgehead atoms. The molecule has 0 fully saturated rings. The molecule has 25 heavy (non-hydrogen) atoms. The number of fused-ring (bicyclic) bond motifs is 1. The zero-order chi connectivity index (χ0) is 17.8. The molecular weight excluding hydrogens is 319 g/mol. The normalized spacial score (nSPS) is 11.1. The van der Waals surface area contributed by atoms with Gasteiger partial charge in [-0.05, 0) is 47.2 Å². The standard InChI is InChI=1S/C20H13FN2O2/c21-15-6-8-16(9-7-15)23-20(25)14(12-22)11-18-17-4-2-1-3-13(17)5-10-19(18)24/h1-11,24H,(H,23,25)/b14-11-. The van der Waals surface area contributed by atoms with Crippen LogP contribution in [-0.2, 0) is 4.79 Å². The minimum atomic E-state index is -0.638. The Labute approximate surface area is 143 Å². The van der Waals surface area contributed by atoms with Gasteiger partial charge in [-0.2, -0.15) is 5.26 Å². The van der Waals surface area contributed by atoms with Gasteiger partial charge in [0.25, 0.3) is 5.91 Å². The molecule has 3 rings (SSSR count). The van der Waals surface area contributed by atoms with Crippen molar-refractivity contribution in [2.45, 2.75) is 0 Å². The lowest BCUT2D eigenvalue weighted by molar-refractivity contribution is -0.112. The molecule has 0 aromatic heterocycles. The second kappa shape index (κ2) is 6.85. The molecule has 0 saturated heterocycles. The zero-order valence-corrected chi connectivity index (χ0v) is 13.0. The number of amides is 1. The topological polar surface area (TPSA) is 73.1 Å². The summed E-state index contributed by atoms with van der Waals surface area (Å²) in [5, 5.41) is 23.6. The third-order valence-electron chi connectivity index (χ3n) is 3.70. The largest absolute Gasteiger partial charge is 0.507 e. The highest BCUT2D eigenvalue weighted by molar-refractivity contribution is 6.11. The lowest BCUT2D eigenvalue weighted by Gasteiger charge is -2.07. The van der Waals surface area contributed by atoms with Gasteiger partial charge in [0.2, 0.25) is 0 Å². The lowest BCUT2D eigenvalue weighted by atomic mass is 10.0. The molecule has 5 heteroatoms. The summed E-state index contributed by atoms with van der Waals surface area (Å²) in [6, 6.07) is 17.7. The number of phenolic OH excluding ortho intramolecular Hbond substituents is 1. The van der Waals surface area contributed by atoms with Crippen LogP contribution in [0.2, 0.25) is 0 Å². The molecule has 0 saturated carbocycles. The summed E-state index contributed by atoms with van der Waals surface area (Å²) in [7, 11) is 0. The third kappa shape index (κ3) is 3.48. The maximum absolute atomic E-state index is 12.9. The van der Waals surface area contributed by atoms with Gasteiger partial charge < -0.3 is 10.4 Å². The predicted octanol–water partition coefficient (Wildman–Crippen LogP) is 4.23. The van der Waals surface area contributed by atoms with Crippen LogP contribution in [0.25, 0.3) is 16.8 Å². The number of carbonyl (C=O) groups excluding carboxylic acids is 1. The number of anilines is 1. The Hall–Kier alpha value is -3.65.